The molecule has 3 heterocycles. The van der Waals surface area contributed by atoms with Gasteiger partial charge in [0.05, 0.1) is 22.2 Å². The van der Waals surface area contributed by atoms with Crippen molar-refractivity contribution in [2.45, 2.75) is 25.3 Å². The van der Waals surface area contributed by atoms with Gasteiger partial charge in [0.1, 0.15) is 17.2 Å². The second kappa shape index (κ2) is 11.1. The Morgan fingerprint density at radius 2 is 2.09 bits per heavy atom. The molecule has 1 fully saturated rings. The number of hydrogen-bond donors (Lipinski definition) is 2. The molecule has 4 rings (SSSR count). The molecule has 2 N–H and O–H groups in total. The molecule has 1 atom stereocenters. The maximum absolute atomic E-state index is 13.7. The first-order valence-electron chi connectivity index (χ1n) is 11.0. The van der Waals surface area contributed by atoms with Crippen molar-refractivity contribution < 1.29 is 18.9 Å². The number of hydrogen-bond acceptors (Lipinski definition) is 8. The quantitative estimate of drug-likeness (QED) is 0.342. The lowest BCUT2D eigenvalue weighted by Gasteiger charge is -2.15. The maximum atomic E-state index is 13.7. The topological polar surface area (TPSA) is 130 Å². The molecule has 1 aliphatic heterocycles. The summed E-state index contributed by atoms with van der Waals surface area (Å²) < 4.78 is 13.7. The van der Waals surface area contributed by atoms with Gasteiger partial charge in [-0.3, -0.25) is 24.7 Å². The summed E-state index contributed by atoms with van der Waals surface area (Å²) in [6.07, 6.45) is 2.51. The average Bonchev–Trinajstić information content (AvgIpc) is 3.52. The van der Waals surface area contributed by atoms with Crippen LogP contribution < -0.4 is 10.6 Å². The summed E-state index contributed by atoms with van der Waals surface area (Å²) in [6, 6.07) is 8.81. The third-order valence-electron chi connectivity index (χ3n) is 5.66. The molecule has 3 aromatic rings. The van der Waals surface area contributed by atoms with Gasteiger partial charge in [0.15, 0.2) is 0 Å². The van der Waals surface area contributed by atoms with E-state index in [4.69, 9.17) is 0 Å². The van der Waals surface area contributed by atoms with Gasteiger partial charge in [-0.15, -0.1) is 11.3 Å². The Labute approximate surface area is 204 Å². The summed E-state index contributed by atoms with van der Waals surface area (Å²) in [4.78, 5) is 45.8. The number of para-hydroxylation sites is 2. The lowest BCUT2D eigenvalue weighted by Crippen LogP contribution is -2.26. The summed E-state index contributed by atoms with van der Waals surface area (Å²) in [5, 5.41) is 18.9. The van der Waals surface area contributed by atoms with Crippen LogP contribution in [0.2, 0.25) is 0 Å². The number of amides is 2. The Bertz CT molecular complexity index is 1240. The van der Waals surface area contributed by atoms with Crippen LogP contribution in [0.5, 0.6) is 0 Å². The van der Waals surface area contributed by atoms with Gasteiger partial charge in [-0.25, -0.2) is 9.37 Å². The minimum absolute atomic E-state index is 0.0240. The largest absolute Gasteiger partial charge is 0.345 e. The molecule has 1 saturated heterocycles. The normalized spacial score (nSPS) is 15.6. The second-order valence-corrected chi connectivity index (χ2v) is 8.93. The Morgan fingerprint density at radius 1 is 1.26 bits per heavy atom. The number of likely N-dealkylation sites (tertiary alicyclic amines) is 1. The zero-order chi connectivity index (χ0) is 24.8. The molecule has 2 aromatic heterocycles. The lowest BCUT2D eigenvalue weighted by molar-refractivity contribution is -0.383. The molecule has 182 valence electrons. The molecule has 2 amide bonds. The fourth-order valence-corrected chi connectivity index (χ4v) is 4.76. The highest BCUT2D eigenvalue weighted by molar-refractivity contribution is 7.09. The minimum atomic E-state index is -0.528. The van der Waals surface area contributed by atoms with Crippen LogP contribution in [-0.4, -0.2) is 51.2 Å². The van der Waals surface area contributed by atoms with Crippen molar-refractivity contribution in [3.63, 3.8) is 0 Å². The van der Waals surface area contributed by atoms with E-state index in [0.29, 0.717) is 13.1 Å². The van der Waals surface area contributed by atoms with Gasteiger partial charge < -0.3 is 15.5 Å². The van der Waals surface area contributed by atoms with E-state index in [2.05, 4.69) is 25.5 Å². The number of carbonyl (C=O) groups is 2. The van der Waals surface area contributed by atoms with Crippen LogP contribution >= 0.6 is 11.3 Å². The van der Waals surface area contributed by atoms with Crippen molar-refractivity contribution in [1.82, 2.24) is 20.2 Å². The molecule has 0 radical (unpaired) electrons. The highest BCUT2D eigenvalue weighted by Gasteiger charge is 2.27. The lowest BCUT2D eigenvalue weighted by atomic mass is 10.1. The van der Waals surface area contributed by atoms with Gasteiger partial charge in [0, 0.05) is 43.1 Å². The molecule has 1 aliphatic rings. The fraction of sp³-hybridized carbons (Fsp3) is 0.304. The number of nitro benzene ring substituents is 1. The zero-order valence-corrected chi connectivity index (χ0v) is 19.5. The molecule has 0 bridgehead atoms. The summed E-state index contributed by atoms with van der Waals surface area (Å²) in [7, 11) is 0. The Balaban J connectivity index is 1.25. The SMILES string of the molecule is O=C(CCN1CCC(c2nc(C(=O)NCc3ncccc3F)cs2)C1)Nc1ccccc1[N+](=O)[O-]. The van der Waals surface area contributed by atoms with Crippen molar-refractivity contribution in [3.05, 3.63) is 80.3 Å². The van der Waals surface area contributed by atoms with Crippen LogP contribution in [0.15, 0.2) is 48.0 Å². The third kappa shape index (κ3) is 6.22. The number of nitrogens with zero attached hydrogens (tertiary/aromatic N) is 4. The van der Waals surface area contributed by atoms with E-state index in [1.807, 2.05) is 0 Å². The number of pyridine rings is 1. The number of benzene rings is 1. The van der Waals surface area contributed by atoms with Crippen molar-refractivity contribution >= 4 is 34.5 Å². The molecule has 1 unspecified atom stereocenters. The van der Waals surface area contributed by atoms with E-state index in [9.17, 15) is 24.1 Å². The molecule has 0 saturated carbocycles. The van der Waals surface area contributed by atoms with Crippen molar-refractivity contribution in [3.8, 4) is 0 Å². The van der Waals surface area contributed by atoms with Crippen LogP contribution in [0.25, 0.3) is 0 Å². The summed E-state index contributed by atoms with van der Waals surface area (Å²) in [6.45, 7) is 1.97. The van der Waals surface area contributed by atoms with Crippen molar-refractivity contribution in [2.24, 2.45) is 0 Å². The number of nitrogens with one attached hydrogen (secondary N) is 2. The van der Waals surface area contributed by atoms with Crippen LogP contribution in [-0.2, 0) is 11.3 Å². The number of thiazole rings is 1. The first kappa shape index (κ1) is 24.4. The predicted molar refractivity (Wildman–Crippen MR) is 128 cm³/mol. The summed E-state index contributed by atoms with van der Waals surface area (Å²) in [5.41, 5.74) is 0.481. The average molecular weight is 499 g/mol. The second-order valence-electron chi connectivity index (χ2n) is 8.04. The predicted octanol–water partition coefficient (Wildman–Crippen LogP) is 3.33. The van der Waals surface area contributed by atoms with E-state index in [1.54, 1.807) is 17.5 Å². The van der Waals surface area contributed by atoms with E-state index < -0.39 is 10.7 Å². The molecule has 1 aromatic carbocycles. The molecular formula is C23H23FN6O4S. The number of nitro groups is 1. The molecular weight excluding hydrogens is 475 g/mol. The Kier molecular flexibility index (Phi) is 7.73. The maximum Gasteiger partial charge on any atom is 0.292 e. The van der Waals surface area contributed by atoms with Crippen LogP contribution in [0.1, 0.15) is 39.9 Å². The number of carbonyl (C=O) groups excluding carboxylic acids is 2. The highest BCUT2D eigenvalue weighted by Crippen LogP contribution is 2.30. The standard InChI is InChI=1S/C23H23FN6O4S/c24-16-4-3-9-25-18(16)12-26-22(32)19-14-35-23(28-19)15-7-10-29(13-15)11-8-21(31)27-17-5-1-2-6-20(17)30(33)34/h1-6,9,14-15H,7-8,10-13H2,(H,26,32)(H,27,31). The highest BCUT2D eigenvalue weighted by atomic mass is 32.1. The smallest absolute Gasteiger partial charge is 0.292 e. The zero-order valence-electron chi connectivity index (χ0n) is 18.6. The summed E-state index contributed by atoms with van der Waals surface area (Å²) >= 11 is 1.40. The molecule has 0 spiro atoms. The molecule has 35 heavy (non-hydrogen) atoms. The molecule has 12 heteroatoms. The van der Waals surface area contributed by atoms with E-state index >= 15 is 0 Å². The summed E-state index contributed by atoms with van der Waals surface area (Å²) in [5.74, 6) is -1.01. The van der Waals surface area contributed by atoms with Crippen LogP contribution in [0.4, 0.5) is 15.8 Å². The van der Waals surface area contributed by atoms with Crippen molar-refractivity contribution in [1.29, 1.82) is 0 Å². The molecule has 10 nitrogen and oxygen atoms in total. The third-order valence-corrected chi connectivity index (χ3v) is 6.66. The molecule has 0 aliphatic carbocycles. The number of rotatable bonds is 9. The first-order chi connectivity index (χ1) is 16.9. The first-order valence-corrected chi connectivity index (χ1v) is 11.9. The number of halogens is 1. The van der Waals surface area contributed by atoms with Gasteiger partial charge in [-0.05, 0) is 31.2 Å². The van der Waals surface area contributed by atoms with E-state index in [0.717, 1.165) is 18.0 Å². The van der Waals surface area contributed by atoms with Crippen LogP contribution in [0.3, 0.4) is 0 Å². The van der Waals surface area contributed by atoms with Gasteiger partial charge in [-0.1, -0.05) is 12.1 Å². The van der Waals surface area contributed by atoms with Crippen molar-refractivity contribution in [2.75, 3.05) is 25.0 Å². The van der Waals surface area contributed by atoms with E-state index in [1.165, 1.54) is 41.8 Å². The van der Waals surface area contributed by atoms with Gasteiger partial charge in [-0.2, -0.15) is 0 Å². The Morgan fingerprint density at radius 3 is 2.89 bits per heavy atom. The van der Waals surface area contributed by atoms with Gasteiger partial charge >= 0.3 is 0 Å². The van der Waals surface area contributed by atoms with Crippen LogP contribution in [0, 0.1) is 15.9 Å². The monoisotopic (exact) mass is 498 g/mol. The number of aromatic nitrogens is 2. The minimum Gasteiger partial charge on any atom is -0.345 e. The Hall–Kier alpha value is -3.77. The fourth-order valence-electron chi connectivity index (χ4n) is 3.83. The number of anilines is 1. The van der Waals surface area contributed by atoms with Gasteiger partial charge in [0.2, 0.25) is 5.91 Å². The van der Waals surface area contributed by atoms with Gasteiger partial charge in [0.25, 0.3) is 11.6 Å². The van der Waals surface area contributed by atoms with E-state index in [-0.39, 0.29) is 53.5 Å².